The fourth-order valence-electron chi connectivity index (χ4n) is 0.156. The SMILES string of the molecule is FC(F)=C(F)[Te]C(F)=C(F)F. The summed E-state index contributed by atoms with van der Waals surface area (Å²) in [6, 6.07) is 0. The Balaban J connectivity index is 4.30. The Morgan fingerprint density at radius 2 is 0.909 bits per heavy atom. The zero-order valence-corrected chi connectivity index (χ0v) is 7.01. The third kappa shape index (κ3) is 4.32. The van der Waals surface area contributed by atoms with Gasteiger partial charge in [-0.25, -0.2) is 0 Å². The van der Waals surface area contributed by atoms with Crippen LogP contribution in [-0.2, 0) is 0 Å². The van der Waals surface area contributed by atoms with Crippen molar-refractivity contribution in [3.05, 3.63) is 19.9 Å². The first-order chi connectivity index (χ1) is 4.95. The van der Waals surface area contributed by atoms with Crippen molar-refractivity contribution in [1.29, 1.82) is 0 Å². The molecule has 0 saturated carbocycles. The Labute approximate surface area is 67.7 Å². The van der Waals surface area contributed by atoms with Gasteiger partial charge in [-0.1, -0.05) is 0 Å². The van der Waals surface area contributed by atoms with E-state index < -0.39 is 40.8 Å². The molecule has 0 aliphatic rings. The average molecular weight is 290 g/mol. The predicted molar refractivity (Wildman–Crippen MR) is 26.5 cm³/mol. The van der Waals surface area contributed by atoms with Crippen LogP contribution in [0.5, 0.6) is 0 Å². The molecule has 0 saturated heterocycles. The van der Waals surface area contributed by atoms with Crippen molar-refractivity contribution in [2.24, 2.45) is 0 Å². The van der Waals surface area contributed by atoms with Crippen LogP contribution in [0.1, 0.15) is 0 Å². The van der Waals surface area contributed by atoms with E-state index in [-0.39, 0.29) is 0 Å². The molecule has 0 rings (SSSR count). The first-order valence-electron chi connectivity index (χ1n) is 2.04. The Hall–Kier alpha value is -0.150. The third-order valence-corrected chi connectivity index (χ3v) is 2.38. The Morgan fingerprint density at radius 3 is 1.09 bits per heavy atom. The van der Waals surface area contributed by atoms with Crippen LogP contribution in [0.2, 0.25) is 0 Å². The molecule has 0 amide bonds. The number of halogens is 6. The molecular weight excluding hydrogens is 290 g/mol. The monoisotopic (exact) mass is 292 g/mol. The summed E-state index contributed by atoms with van der Waals surface area (Å²) in [5.41, 5.74) is 0. The van der Waals surface area contributed by atoms with E-state index in [1.807, 2.05) is 0 Å². The topological polar surface area (TPSA) is 0 Å². The van der Waals surface area contributed by atoms with E-state index in [0.717, 1.165) is 0 Å². The summed E-state index contributed by atoms with van der Waals surface area (Å²) in [5.74, 6) is 0. The molecule has 7 heteroatoms. The van der Waals surface area contributed by atoms with Gasteiger partial charge >= 0.3 is 67.2 Å². The summed E-state index contributed by atoms with van der Waals surface area (Å²) in [5, 5.41) is 0. The van der Waals surface area contributed by atoms with E-state index in [9.17, 15) is 26.3 Å². The standard InChI is InChI=1S/C4F6Te/c5-1(6)3(9)11-4(10)2(7)8. The van der Waals surface area contributed by atoms with Crippen LogP contribution in [0, 0.1) is 0 Å². The molecule has 0 heterocycles. The zero-order valence-electron chi connectivity index (χ0n) is 4.68. The quantitative estimate of drug-likeness (QED) is 0.542. The van der Waals surface area contributed by atoms with E-state index >= 15 is 0 Å². The van der Waals surface area contributed by atoms with Gasteiger partial charge in [-0.2, -0.15) is 0 Å². The maximum atomic E-state index is 11.7. The Bertz CT molecular complexity index is 177. The first kappa shape index (κ1) is 10.8. The van der Waals surface area contributed by atoms with Crippen LogP contribution >= 0.6 is 0 Å². The van der Waals surface area contributed by atoms with Crippen molar-refractivity contribution in [3.8, 4) is 0 Å². The van der Waals surface area contributed by atoms with E-state index in [2.05, 4.69) is 0 Å². The van der Waals surface area contributed by atoms with Crippen LogP contribution in [0.4, 0.5) is 26.3 Å². The minimum atomic E-state index is -2.83. The molecule has 0 aromatic carbocycles. The molecular formula is C4F6Te. The van der Waals surface area contributed by atoms with Gasteiger partial charge in [-0.05, 0) is 0 Å². The zero-order chi connectivity index (χ0) is 9.02. The van der Waals surface area contributed by atoms with Crippen molar-refractivity contribution < 1.29 is 26.3 Å². The average Bonchev–Trinajstić information content (AvgIpc) is 1.87. The van der Waals surface area contributed by atoms with Crippen LogP contribution in [0.3, 0.4) is 0 Å². The molecule has 0 bridgehead atoms. The number of rotatable bonds is 2. The van der Waals surface area contributed by atoms with Gasteiger partial charge in [-0.15, -0.1) is 0 Å². The summed E-state index contributed by atoms with van der Waals surface area (Å²) in [4.78, 5) is 0. The van der Waals surface area contributed by atoms with Gasteiger partial charge in [0.15, 0.2) is 0 Å². The second-order valence-electron chi connectivity index (χ2n) is 1.17. The van der Waals surface area contributed by atoms with Gasteiger partial charge < -0.3 is 0 Å². The van der Waals surface area contributed by atoms with Gasteiger partial charge in [0, 0.05) is 0 Å². The minimum absolute atomic E-state index is 2.05. The summed E-state index contributed by atoms with van der Waals surface area (Å²) in [7, 11) is 0. The van der Waals surface area contributed by atoms with Crippen molar-refractivity contribution in [2.45, 2.75) is 0 Å². The fraction of sp³-hybridized carbons (Fsp3) is 0. The second-order valence-corrected chi connectivity index (χ2v) is 3.80. The van der Waals surface area contributed by atoms with E-state index in [4.69, 9.17) is 0 Å². The molecule has 0 spiro atoms. The van der Waals surface area contributed by atoms with Crippen molar-refractivity contribution in [1.82, 2.24) is 0 Å². The summed E-state index contributed by atoms with van der Waals surface area (Å²) in [6.45, 7) is 0. The molecule has 64 valence electrons. The van der Waals surface area contributed by atoms with Gasteiger partial charge in [0.25, 0.3) is 0 Å². The van der Waals surface area contributed by atoms with Gasteiger partial charge in [0.05, 0.1) is 0 Å². The van der Waals surface area contributed by atoms with Crippen LogP contribution in [0.25, 0.3) is 0 Å². The molecule has 11 heavy (non-hydrogen) atoms. The van der Waals surface area contributed by atoms with Crippen LogP contribution < -0.4 is 0 Å². The summed E-state index contributed by atoms with van der Waals surface area (Å²) < 4.78 is 63.9. The fourth-order valence-corrected chi connectivity index (χ4v) is 1.05. The predicted octanol–water partition coefficient (Wildman–Crippen LogP) is 2.76. The maximum absolute atomic E-state index is 11.7. The normalized spacial score (nSPS) is 9.27. The molecule has 0 aromatic rings. The molecule has 0 radical (unpaired) electrons. The summed E-state index contributed by atoms with van der Waals surface area (Å²) >= 11 is -2.83. The van der Waals surface area contributed by atoms with E-state index in [1.165, 1.54) is 0 Å². The Kier molecular flexibility index (Phi) is 4.61. The van der Waals surface area contributed by atoms with Crippen LogP contribution in [-0.4, -0.2) is 20.9 Å². The van der Waals surface area contributed by atoms with Crippen molar-refractivity contribution in [3.63, 3.8) is 0 Å². The molecule has 0 aromatic heterocycles. The number of hydrogen-bond donors (Lipinski definition) is 0. The van der Waals surface area contributed by atoms with Gasteiger partial charge in [0.1, 0.15) is 0 Å². The van der Waals surface area contributed by atoms with E-state index in [1.54, 1.807) is 0 Å². The molecule has 0 aliphatic heterocycles. The molecule has 0 N–H and O–H groups in total. The van der Waals surface area contributed by atoms with Crippen molar-refractivity contribution >= 4 is 20.9 Å². The number of hydrogen-bond acceptors (Lipinski definition) is 0. The second kappa shape index (κ2) is 4.67. The summed E-state index contributed by atoms with van der Waals surface area (Å²) in [6.07, 6.45) is -5.47. The van der Waals surface area contributed by atoms with Crippen LogP contribution in [0.15, 0.2) is 19.9 Å². The molecule has 0 atom stereocenters. The van der Waals surface area contributed by atoms with Gasteiger partial charge in [0.2, 0.25) is 0 Å². The molecule has 0 aliphatic carbocycles. The Morgan fingerprint density at radius 1 is 0.636 bits per heavy atom. The third-order valence-electron chi connectivity index (χ3n) is 0.476. The van der Waals surface area contributed by atoms with Crippen molar-refractivity contribution in [2.75, 3.05) is 0 Å². The first-order valence-corrected chi connectivity index (χ1v) is 4.37. The molecule has 0 unspecified atom stereocenters. The molecule has 0 fully saturated rings. The molecule has 0 nitrogen and oxygen atoms in total. The van der Waals surface area contributed by atoms with Gasteiger partial charge in [-0.3, -0.25) is 0 Å². The van der Waals surface area contributed by atoms with E-state index in [0.29, 0.717) is 0 Å².